The molecule has 1 aliphatic rings. The first-order valence-electron chi connectivity index (χ1n) is 9.01. The summed E-state index contributed by atoms with van der Waals surface area (Å²) in [5.74, 6) is 0.197. The number of fused-ring (bicyclic) bond motifs is 1. The monoisotopic (exact) mass is 337 g/mol. The molecule has 3 heteroatoms. The molecule has 2 aromatic carbocycles. The zero-order valence-corrected chi connectivity index (χ0v) is 15.4. The molecule has 0 saturated heterocycles. The zero-order chi connectivity index (χ0) is 17.9. The first kappa shape index (κ1) is 17.7. The van der Waals surface area contributed by atoms with Crippen LogP contribution < -0.4 is 4.90 Å². The maximum absolute atomic E-state index is 13.0. The maximum atomic E-state index is 13.0. The van der Waals surface area contributed by atoms with E-state index in [1.165, 1.54) is 5.56 Å². The molecule has 1 unspecified atom stereocenters. The van der Waals surface area contributed by atoms with E-state index in [1.54, 1.807) is 7.11 Å². The molecule has 0 radical (unpaired) electrons. The van der Waals surface area contributed by atoms with E-state index in [4.69, 9.17) is 4.74 Å². The van der Waals surface area contributed by atoms with Crippen molar-refractivity contribution in [2.75, 3.05) is 12.0 Å². The minimum atomic E-state index is -0.251. The predicted octanol–water partition coefficient (Wildman–Crippen LogP) is 4.91. The number of anilines is 1. The number of amides is 1. The van der Waals surface area contributed by atoms with Gasteiger partial charge in [0.2, 0.25) is 5.91 Å². The molecular formula is C22H27NO2. The Balaban J connectivity index is 1.76. The highest BCUT2D eigenvalue weighted by molar-refractivity contribution is 5.96. The molecule has 1 atom stereocenters. The third-order valence-electron chi connectivity index (χ3n) is 5.05. The first-order valence-corrected chi connectivity index (χ1v) is 9.01. The molecule has 1 aliphatic heterocycles. The van der Waals surface area contributed by atoms with E-state index in [2.05, 4.69) is 32.0 Å². The number of rotatable bonds is 5. The van der Waals surface area contributed by atoms with Gasteiger partial charge >= 0.3 is 0 Å². The fourth-order valence-electron chi connectivity index (χ4n) is 3.83. The van der Waals surface area contributed by atoms with E-state index in [0.717, 1.165) is 30.5 Å². The molecule has 0 saturated carbocycles. The number of hydrogen-bond acceptors (Lipinski definition) is 2. The molecule has 3 nitrogen and oxygen atoms in total. The second-order valence-electron chi connectivity index (χ2n) is 7.37. The molecule has 0 N–H and O–H groups in total. The van der Waals surface area contributed by atoms with Gasteiger partial charge in [-0.05, 0) is 38.3 Å². The summed E-state index contributed by atoms with van der Waals surface area (Å²) in [7, 11) is 1.74. The smallest absolute Gasteiger partial charge is 0.227 e. The molecule has 0 spiro atoms. The molecule has 3 rings (SSSR count). The van der Waals surface area contributed by atoms with E-state index in [1.807, 2.05) is 41.3 Å². The van der Waals surface area contributed by atoms with Crippen molar-refractivity contribution in [3.63, 3.8) is 0 Å². The van der Waals surface area contributed by atoms with Gasteiger partial charge in [-0.25, -0.2) is 0 Å². The molecule has 132 valence electrons. The van der Waals surface area contributed by atoms with Gasteiger partial charge in [0.15, 0.2) is 0 Å². The maximum Gasteiger partial charge on any atom is 0.227 e. The lowest BCUT2D eigenvalue weighted by Gasteiger charge is -2.46. The van der Waals surface area contributed by atoms with Crippen LogP contribution in [0.2, 0.25) is 0 Å². The second kappa shape index (κ2) is 7.40. The lowest BCUT2D eigenvalue weighted by molar-refractivity contribution is -0.120. The highest BCUT2D eigenvalue weighted by Gasteiger charge is 2.40. The van der Waals surface area contributed by atoms with Gasteiger partial charge in [-0.1, -0.05) is 48.5 Å². The molecule has 0 aromatic heterocycles. The Hall–Kier alpha value is -2.13. The summed E-state index contributed by atoms with van der Waals surface area (Å²) in [5, 5.41) is 0. The summed E-state index contributed by atoms with van der Waals surface area (Å²) >= 11 is 0. The van der Waals surface area contributed by atoms with Crippen molar-refractivity contribution in [2.24, 2.45) is 0 Å². The Morgan fingerprint density at radius 1 is 1.12 bits per heavy atom. The van der Waals surface area contributed by atoms with Crippen LogP contribution in [0.25, 0.3) is 0 Å². The normalized spacial score (nSPS) is 18.7. The Morgan fingerprint density at radius 3 is 2.52 bits per heavy atom. The number of carbonyl (C=O) groups excluding carboxylic acids is 1. The van der Waals surface area contributed by atoms with Crippen molar-refractivity contribution in [2.45, 2.75) is 51.2 Å². The number of aryl methyl sites for hydroxylation is 1. The highest BCUT2D eigenvalue weighted by atomic mass is 16.5. The van der Waals surface area contributed by atoms with E-state index >= 15 is 0 Å². The van der Waals surface area contributed by atoms with Gasteiger partial charge in [0, 0.05) is 31.1 Å². The topological polar surface area (TPSA) is 29.5 Å². The van der Waals surface area contributed by atoms with Crippen molar-refractivity contribution in [1.82, 2.24) is 0 Å². The predicted molar refractivity (Wildman–Crippen MR) is 102 cm³/mol. The SMILES string of the molecule is COC1CC(C)(C)N(C(=O)CCCc2ccccc2)c2ccccc21. The van der Waals surface area contributed by atoms with Crippen LogP contribution in [0, 0.1) is 0 Å². The Bertz CT molecular complexity index is 724. The first-order chi connectivity index (χ1) is 12.0. The van der Waals surface area contributed by atoms with Gasteiger partial charge in [-0.3, -0.25) is 4.79 Å². The average molecular weight is 337 g/mol. The molecule has 0 fully saturated rings. The number of carbonyl (C=O) groups is 1. The minimum absolute atomic E-state index is 0.0413. The van der Waals surface area contributed by atoms with Crippen LogP contribution >= 0.6 is 0 Å². The number of methoxy groups -OCH3 is 1. The number of nitrogens with zero attached hydrogens (tertiary/aromatic N) is 1. The van der Waals surface area contributed by atoms with Crippen LogP contribution in [-0.2, 0) is 16.0 Å². The van der Waals surface area contributed by atoms with Gasteiger partial charge in [0.05, 0.1) is 11.8 Å². The fourth-order valence-corrected chi connectivity index (χ4v) is 3.83. The van der Waals surface area contributed by atoms with Crippen LogP contribution in [0.5, 0.6) is 0 Å². The second-order valence-corrected chi connectivity index (χ2v) is 7.37. The zero-order valence-electron chi connectivity index (χ0n) is 15.4. The third kappa shape index (κ3) is 3.77. The van der Waals surface area contributed by atoms with Gasteiger partial charge in [-0.2, -0.15) is 0 Å². The summed E-state index contributed by atoms with van der Waals surface area (Å²) in [4.78, 5) is 15.0. The van der Waals surface area contributed by atoms with Crippen LogP contribution in [0.4, 0.5) is 5.69 Å². The average Bonchev–Trinajstić information content (AvgIpc) is 2.61. The van der Waals surface area contributed by atoms with E-state index in [0.29, 0.717) is 6.42 Å². The number of para-hydroxylation sites is 1. The van der Waals surface area contributed by atoms with Crippen LogP contribution in [-0.4, -0.2) is 18.6 Å². The summed E-state index contributed by atoms with van der Waals surface area (Å²) in [6.07, 6.45) is 3.21. The Kier molecular flexibility index (Phi) is 5.24. The van der Waals surface area contributed by atoms with Crippen LogP contribution in [0.15, 0.2) is 54.6 Å². The molecular weight excluding hydrogens is 310 g/mol. The van der Waals surface area contributed by atoms with E-state index < -0.39 is 0 Å². The van der Waals surface area contributed by atoms with Crippen molar-refractivity contribution in [1.29, 1.82) is 0 Å². The lowest BCUT2D eigenvalue weighted by Crippen LogP contribution is -2.52. The fraction of sp³-hybridized carbons (Fsp3) is 0.409. The van der Waals surface area contributed by atoms with Crippen LogP contribution in [0.1, 0.15) is 50.3 Å². The standard InChI is InChI=1S/C22H27NO2/c1-22(2)16-20(25-3)18-13-7-8-14-19(18)23(22)21(24)15-9-12-17-10-5-4-6-11-17/h4-8,10-11,13-14,20H,9,12,15-16H2,1-3H3. The summed E-state index contributed by atoms with van der Waals surface area (Å²) < 4.78 is 5.68. The Labute approximate surface area is 150 Å². The van der Waals surface area contributed by atoms with Crippen molar-refractivity contribution in [3.05, 3.63) is 65.7 Å². The van der Waals surface area contributed by atoms with Crippen LogP contribution in [0.3, 0.4) is 0 Å². The van der Waals surface area contributed by atoms with Crippen molar-refractivity contribution < 1.29 is 9.53 Å². The van der Waals surface area contributed by atoms with Gasteiger partial charge in [-0.15, -0.1) is 0 Å². The van der Waals surface area contributed by atoms with Gasteiger partial charge < -0.3 is 9.64 Å². The largest absolute Gasteiger partial charge is 0.377 e. The van der Waals surface area contributed by atoms with E-state index in [-0.39, 0.29) is 17.6 Å². The Morgan fingerprint density at radius 2 is 1.80 bits per heavy atom. The van der Waals surface area contributed by atoms with Gasteiger partial charge in [0.1, 0.15) is 0 Å². The molecule has 1 heterocycles. The number of benzene rings is 2. The van der Waals surface area contributed by atoms with Crippen molar-refractivity contribution >= 4 is 11.6 Å². The molecule has 0 bridgehead atoms. The molecule has 0 aliphatic carbocycles. The molecule has 1 amide bonds. The van der Waals surface area contributed by atoms with Crippen molar-refractivity contribution in [3.8, 4) is 0 Å². The molecule has 25 heavy (non-hydrogen) atoms. The summed E-state index contributed by atoms with van der Waals surface area (Å²) in [5.41, 5.74) is 3.14. The summed E-state index contributed by atoms with van der Waals surface area (Å²) in [6.45, 7) is 4.26. The lowest BCUT2D eigenvalue weighted by atomic mass is 9.84. The summed E-state index contributed by atoms with van der Waals surface area (Å²) in [6, 6.07) is 18.5. The minimum Gasteiger partial charge on any atom is -0.377 e. The third-order valence-corrected chi connectivity index (χ3v) is 5.05. The number of ether oxygens (including phenoxy) is 1. The number of hydrogen-bond donors (Lipinski definition) is 0. The van der Waals surface area contributed by atoms with E-state index in [9.17, 15) is 4.79 Å². The highest BCUT2D eigenvalue weighted by Crippen LogP contribution is 2.43. The molecule has 2 aromatic rings. The van der Waals surface area contributed by atoms with Gasteiger partial charge in [0.25, 0.3) is 0 Å². The quantitative estimate of drug-likeness (QED) is 0.775.